The summed E-state index contributed by atoms with van der Waals surface area (Å²) in [6.07, 6.45) is 6.40. The zero-order valence-corrected chi connectivity index (χ0v) is 41.1. The average molecular weight is 983 g/mol. The van der Waals surface area contributed by atoms with Gasteiger partial charge >= 0.3 is 11.9 Å². The Labute approximate surface area is 414 Å². The molecule has 5 aromatic rings. The second-order valence-electron chi connectivity index (χ2n) is 15.9. The number of hydrogen-bond acceptors (Lipinski definition) is 12. The Morgan fingerprint density at radius 1 is 0.559 bits per heavy atom. The molecule has 0 unspecified atom stereocenters. The molecule has 1 fully saturated rings. The van der Waals surface area contributed by atoms with Gasteiger partial charge in [0, 0.05) is 0 Å². The first-order valence-corrected chi connectivity index (χ1v) is 25.7. The maximum atomic E-state index is 14.8. The number of carbonyl (C=O) groups is 4. The maximum absolute atomic E-state index is 14.8. The summed E-state index contributed by atoms with van der Waals surface area (Å²) in [5.74, 6) is -1.45. The van der Waals surface area contributed by atoms with Gasteiger partial charge in [0.2, 0.25) is 0 Å². The van der Waals surface area contributed by atoms with Crippen LogP contribution in [0.4, 0.5) is 0 Å². The number of benzene rings is 5. The zero-order valence-electron chi connectivity index (χ0n) is 37.8. The van der Waals surface area contributed by atoms with Gasteiger partial charge in [0.25, 0.3) is 11.8 Å². The SMILES string of the molecule is C=Cc1cccc(COc2c3c(c(OCc4cccc(C=C)c4)c4c2SC(=C2C(=O)N(Cc5ccccc5)N(Cc5ccccc5)C2=O)S4)SC(=C(C(=O)OCCCC)C(=O)OCCCC)S3)c1. The summed E-state index contributed by atoms with van der Waals surface area (Å²) in [5, 5.41) is 3.04. The molecule has 2 amide bonds. The van der Waals surface area contributed by atoms with Crippen LogP contribution in [-0.4, -0.2) is 47.0 Å². The number of carbonyl (C=O) groups excluding carboxylic acids is 4. The zero-order chi connectivity index (χ0) is 47.6. The second-order valence-corrected chi connectivity index (χ2v) is 20.5. The van der Waals surface area contributed by atoms with Gasteiger partial charge in [0.1, 0.15) is 30.3 Å². The third-order valence-corrected chi connectivity index (χ3v) is 16.2. The highest BCUT2D eigenvalue weighted by atomic mass is 32.2. The smallest absolute Gasteiger partial charge is 0.347 e. The van der Waals surface area contributed by atoms with Gasteiger partial charge in [0.05, 0.1) is 54.4 Å². The van der Waals surface area contributed by atoms with Crippen molar-refractivity contribution in [1.29, 1.82) is 0 Å². The van der Waals surface area contributed by atoms with Crippen molar-refractivity contribution in [2.24, 2.45) is 0 Å². The average Bonchev–Trinajstić information content (AvgIpc) is 4.05. The molecule has 10 nitrogen and oxygen atoms in total. The number of unbranched alkanes of at least 4 members (excludes halogenated alkanes) is 2. The lowest BCUT2D eigenvalue weighted by Gasteiger charge is -2.27. The summed E-state index contributed by atoms with van der Waals surface area (Å²) in [5.41, 5.74) is 5.19. The van der Waals surface area contributed by atoms with Crippen LogP contribution >= 0.6 is 47.0 Å². The van der Waals surface area contributed by atoms with Gasteiger partial charge in [-0.2, -0.15) is 0 Å². The van der Waals surface area contributed by atoms with Crippen LogP contribution in [0.5, 0.6) is 11.5 Å². The number of ether oxygens (including phenoxy) is 4. The summed E-state index contributed by atoms with van der Waals surface area (Å²) in [6.45, 7) is 12.8. The number of hydrazine groups is 1. The van der Waals surface area contributed by atoms with Crippen LogP contribution < -0.4 is 9.47 Å². The van der Waals surface area contributed by atoms with Crippen LogP contribution in [0.25, 0.3) is 12.2 Å². The molecule has 3 aliphatic rings. The number of nitrogens with zero attached hydrogens (tertiary/aromatic N) is 2. The highest BCUT2D eigenvalue weighted by Gasteiger charge is 2.47. The van der Waals surface area contributed by atoms with E-state index in [9.17, 15) is 19.2 Å². The lowest BCUT2D eigenvalue weighted by atomic mass is 10.1. The van der Waals surface area contributed by atoms with Crippen LogP contribution in [-0.2, 0) is 55.0 Å². The maximum Gasteiger partial charge on any atom is 0.347 e. The van der Waals surface area contributed by atoms with Crippen molar-refractivity contribution in [1.82, 2.24) is 10.0 Å². The number of esters is 2. The third-order valence-electron chi connectivity index (χ3n) is 11.0. The molecule has 0 aromatic heterocycles. The molecule has 14 heteroatoms. The first-order chi connectivity index (χ1) is 33.2. The van der Waals surface area contributed by atoms with Crippen molar-refractivity contribution in [3.63, 3.8) is 0 Å². The number of amides is 2. The minimum absolute atomic E-state index is 0.0466. The molecule has 348 valence electrons. The Kier molecular flexibility index (Phi) is 16.2. The van der Waals surface area contributed by atoms with Gasteiger partial charge in [-0.15, -0.1) is 0 Å². The van der Waals surface area contributed by atoms with Gasteiger partial charge in [-0.05, 0) is 58.4 Å². The lowest BCUT2D eigenvalue weighted by Crippen LogP contribution is -2.39. The van der Waals surface area contributed by atoms with Crippen LogP contribution in [0, 0.1) is 0 Å². The van der Waals surface area contributed by atoms with Crippen molar-refractivity contribution in [3.8, 4) is 11.5 Å². The molecule has 68 heavy (non-hydrogen) atoms. The van der Waals surface area contributed by atoms with Gasteiger partial charge in [0.15, 0.2) is 5.57 Å². The Hall–Kier alpha value is -6.06. The predicted molar refractivity (Wildman–Crippen MR) is 271 cm³/mol. The molecule has 0 bridgehead atoms. The van der Waals surface area contributed by atoms with E-state index in [0.717, 1.165) is 46.2 Å². The summed E-state index contributed by atoms with van der Waals surface area (Å²) < 4.78 is 25.9. The Balaban J connectivity index is 1.27. The Morgan fingerprint density at radius 3 is 1.38 bits per heavy atom. The van der Waals surface area contributed by atoms with Crippen molar-refractivity contribution >= 4 is 83.0 Å². The molecule has 5 aromatic carbocycles. The van der Waals surface area contributed by atoms with E-state index in [1.807, 2.05) is 123 Å². The number of thioether (sulfide) groups is 4. The molecular weight excluding hydrogens is 933 g/mol. The molecule has 0 atom stereocenters. The Morgan fingerprint density at radius 2 is 0.971 bits per heavy atom. The summed E-state index contributed by atoms with van der Waals surface area (Å²) in [6, 6.07) is 34.9. The van der Waals surface area contributed by atoms with Crippen LogP contribution in [0.15, 0.2) is 162 Å². The molecule has 0 aliphatic carbocycles. The minimum Gasteiger partial charge on any atom is -0.486 e. The molecule has 3 heterocycles. The van der Waals surface area contributed by atoms with Crippen LogP contribution in [0.3, 0.4) is 0 Å². The summed E-state index contributed by atoms with van der Waals surface area (Å²) in [4.78, 5) is 59.9. The minimum atomic E-state index is -0.767. The van der Waals surface area contributed by atoms with E-state index in [4.69, 9.17) is 18.9 Å². The monoisotopic (exact) mass is 982 g/mol. The van der Waals surface area contributed by atoms with Crippen molar-refractivity contribution in [2.45, 2.75) is 85.4 Å². The summed E-state index contributed by atoms with van der Waals surface area (Å²) >= 11 is 4.98. The summed E-state index contributed by atoms with van der Waals surface area (Å²) in [7, 11) is 0. The van der Waals surface area contributed by atoms with Crippen LogP contribution in [0.1, 0.15) is 72.9 Å². The molecule has 0 saturated carbocycles. The molecule has 3 aliphatic heterocycles. The van der Waals surface area contributed by atoms with Crippen molar-refractivity contribution in [3.05, 3.63) is 175 Å². The van der Waals surface area contributed by atoms with E-state index < -0.39 is 23.8 Å². The Bertz CT molecular complexity index is 2630. The molecule has 0 N–H and O–H groups in total. The first kappa shape index (κ1) is 48.4. The fraction of sp³-hybridized carbons (Fsp3) is 0.222. The van der Waals surface area contributed by atoms with Gasteiger partial charge in [-0.25, -0.2) is 19.6 Å². The van der Waals surface area contributed by atoms with E-state index in [0.29, 0.717) is 52.4 Å². The standard InChI is InChI=1S/C54H50N2O8S4/c1-5-9-27-61-51(59)42(52(60)62-28-10-6-2)54-67-47-43(63-33-39-25-17-23-35(7-3)29-39)45-46(44(48(47)68-54)64-34-40-26-18-24-36(8-4)30-40)66-53(65-45)41-49(57)55(31-37-19-13-11-14-20-37)56(50(41)58)32-38-21-15-12-16-22-38/h7-8,11-26,29-30H,3-6,9-10,27-28,31-34H2,1-2H3. The fourth-order valence-electron chi connectivity index (χ4n) is 7.38. The second kappa shape index (κ2) is 22.8. The van der Waals surface area contributed by atoms with E-state index >= 15 is 0 Å². The van der Waals surface area contributed by atoms with Gasteiger partial charge < -0.3 is 18.9 Å². The highest BCUT2D eigenvalue weighted by molar-refractivity contribution is 8.26. The lowest BCUT2D eigenvalue weighted by molar-refractivity contribution is -0.149. The van der Waals surface area contributed by atoms with E-state index in [-0.39, 0.29) is 50.7 Å². The molecule has 8 rings (SSSR count). The topological polar surface area (TPSA) is 112 Å². The first-order valence-electron chi connectivity index (χ1n) is 22.4. The number of hydrogen-bond donors (Lipinski definition) is 0. The number of rotatable bonds is 20. The van der Waals surface area contributed by atoms with E-state index in [1.165, 1.54) is 57.1 Å². The van der Waals surface area contributed by atoms with Gasteiger partial charge in [-0.1, -0.05) is 196 Å². The third kappa shape index (κ3) is 10.9. The molecule has 0 spiro atoms. The largest absolute Gasteiger partial charge is 0.486 e. The van der Waals surface area contributed by atoms with E-state index in [2.05, 4.69) is 13.2 Å². The molecule has 1 saturated heterocycles. The van der Waals surface area contributed by atoms with Crippen molar-refractivity contribution < 1.29 is 38.1 Å². The van der Waals surface area contributed by atoms with Crippen molar-refractivity contribution in [2.75, 3.05) is 13.2 Å². The molecular formula is C54H50N2O8S4. The normalized spacial score (nSPS) is 13.9. The highest BCUT2D eigenvalue weighted by Crippen LogP contribution is 2.69. The quantitative estimate of drug-likeness (QED) is 0.0243. The van der Waals surface area contributed by atoms with E-state index in [1.54, 1.807) is 12.2 Å². The predicted octanol–water partition coefficient (Wildman–Crippen LogP) is 12.6. The fourth-order valence-corrected chi connectivity index (χ4v) is 12.9. The van der Waals surface area contributed by atoms with Crippen LogP contribution in [0.2, 0.25) is 0 Å². The molecule has 0 radical (unpaired) electrons. The van der Waals surface area contributed by atoms with Gasteiger partial charge in [-0.3, -0.25) is 9.59 Å². The number of fused-ring (bicyclic) bond motifs is 2.